The quantitative estimate of drug-likeness (QED) is 0.560. The molecule has 2 N–H and O–H groups in total. The van der Waals surface area contributed by atoms with Gasteiger partial charge in [-0.2, -0.15) is 0 Å². The molecule has 0 amide bonds. The number of carbonyl (C=O) groups is 1. The number of ether oxygens (including phenoxy) is 1. The Morgan fingerprint density at radius 3 is 2.44 bits per heavy atom. The molecule has 3 nitrogen and oxygen atoms in total. The Hall–Kier alpha value is -0.570. The van der Waals surface area contributed by atoms with Crippen molar-refractivity contribution in [3.05, 3.63) is 0 Å². The normalized spacial score (nSPS) is 12.8. The molecule has 0 spiro atoms. The third-order valence-electron chi connectivity index (χ3n) is 1.05. The Kier molecular flexibility index (Phi) is 4.05. The Morgan fingerprint density at radius 2 is 2.33 bits per heavy atom. The molecule has 0 bridgehead atoms. The maximum atomic E-state index is 10.3. The standard InChI is InChI=1S/C6H13NO2/c1-3-6(4-7)9-5(2)8/h6H,3-4,7H2,1-2H3/t6-/m1/s1. The molecule has 3 heteroatoms. The molecule has 0 heterocycles. The van der Waals surface area contributed by atoms with Crippen molar-refractivity contribution in [3.63, 3.8) is 0 Å². The maximum absolute atomic E-state index is 10.3. The fourth-order valence-electron chi connectivity index (χ4n) is 0.533. The van der Waals surface area contributed by atoms with E-state index in [1.54, 1.807) is 0 Å². The van der Waals surface area contributed by atoms with E-state index >= 15 is 0 Å². The van der Waals surface area contributed by atoms with E-state index < -0.39 is 0 Å². The van der Waals surface area contributed by atoms with Crippen molar-refractivity contribution in [1.82, 2.24) is 0 Å². The topological polar surface area (TPSA) is 52.3 Å². The van der Waals surface area contributed by atoms with Crippen LogP contribution in [0, 0.1) is 0 Å². The average Bonchev–Trinajstić information content (AvgIpc) is 1.82. The second-order valence-electron chi connectivity index (χ2n) is 1.88. The van der Waals surface area contributed by atoms with Gasteiger partial charge in [-0.1, -0.05) is 6.92 Å². The van der Waals surface area contributed by atoms with Crippen LogP contribution in [0.25, 0.3) is 0 Å². The van der Waals surface area contributed by atoms with E-state index in [2.05, 4.69) is 0 Å². The van der Waals surface area contributed by atoms with Gasteiger partial charge in [0.25, 0.3) is 0 Å². The molecule has 0 aromatic carbocycles. The third kappa shape index (κ3) is 3.97. The van der Waals surface area contributed by atoms with Gasteiger partial charge in [-0.25, -0.2) is 0 Å². The Morgan fingerprint density at radius 1 is 1.78 bits per heavy atom. The Balaban J connectivity index is 3.43. The van der Waals surface area contributed by atoms with Crippen molar-refractivity contribution in [1.29, 1.82) is 0 Å². The lowest BCUT2D eigenvalue weighted by molar-refractivity contribution is -0.145. The highest BCUT2D eigenvalue weighted by atomic mass is 16.5. The van der Waals surface area contributed by atoms with Gasteiger partial charge in [0.2, 0.25) is 0 Å². The van der Waals surface area contributed by atoms with Crippen molar-refractivity contribution in [2.24, 2.45) is 5.73 Å². The summed E-state index contributed by atoms with van der Waals surface area (Å²) in [6.45, 7) is 3.73. The Bertz CT molecular complexity index is 89.1. The van der Waals surface area contributed by atoms with Gasteiger partial charge in [0.15, 0.2) is 0 Å². The van der Waals surface area contributed by atoms with Crippen LogP contribution in [0.1, 0.15) is 20.3 Å². The Labute approximate surface area is 55.2 Å². The van der Waals surface area contributed by atoms with E-state index in [4.69, 9.17) is 10.5 Å². The largest absolute Gasteiger partial charge is 0.461 e. The summed E-state index contributed by atoms with van der Waals surface area (Å²) in [6.07, 6.45) is 0.693. The first kappa shape index (κ1) is 8.43. The lowest BCUT2D eigenvalue weighted by Gasteiger charge is -2.10. The van der Waals surface area contributed by atoms with Crippen molar-refractivity contribution in [3.8, 4) is 0 Å². The first-order chi connectivity index (χ1) is 4.20. The number of hydrogen-bond acceptors (Lipinski definition) is 3. The molecule has 0 aliphatic heterocycles. The van der Waals surface area contributed by atoms with Crippen molar-refractivity contribution >= 4 is 5.97 Å². The van der Waals surface area contributed by atoms with Crippen molar-refractivity contribution in [2.45, 2.75) is 26.4 Å². The number of esters is 1. The average molecular weight is 131 g/mol. The van der Waals surface area contributed by atoms with Gasteiger partial charge >= 0.3 is 5.97 Å². The third-order valence-corrected chi connectivity index (χ3v) is 1.05. The monoisotopic (exact) mass is 131 g/mol. The van der Waals surface area contributed by atoms with Crippen LogP contribution in [-0.4, -0.2) is 18.6 Å². The van der Waals surface area contributed by atoms with Crippen LogP contribution in [0.15, 0.2) is 0 Å². The predicted molar refractivity (Wildman–Crippen MR) is 34.9 cm³/mol. The first-order valence-corrected chi connectivity index (χ1v) is 3.08. The van der Waals surface area contributed by atoms with Gasteiger partial charge in [0, 0.05) is 13.5 Å². The molecule has 0 radical (unpaired) electrons. The maximum Gasteiger partial charge on any atom is 0.302 e. The minimum atomic E-state index is -0.257. The smallest absolute Gasteiger partial charge is 0.302 e. The molecule has 0 aliphatic rings. The summed E-state index contributed by atoms with van der Waals surface area (Å²) in [5.41, 5.74) is 5.25. The predicted octanol–water partition coefficient (Wildman–Crippen LogP) is 0.287. The van der Waals surface area contributed by atoms with Gasteiger partial charge in [-0.15, -0.1) is 0 Å². The summed E-state index contributed by atoms with van der Waals surface area (Å²) in [4.78, 5) is 10.3. The molecule has 0 saturated heterocycles. The molecule has 0 fully saturated rings. The number of nitrogens with two attached hydrogens (primary N) is 1. The van der Waals surface area contributed by atoms with Crippen LogP contribution in [0.3, 0.4) is 0 Å². The fraction of sp³-hybridized carbons (Fsp3) is 0.833. The molecule has 0 rings (SSSR count). The molecule has 0 unspecified atom stereocenters. The second-order valence-corrected chi connectivity index (χ2v) is 1.88. The molecule has 9 heavy (non-hydrogen) atoms. The fourth-order valence-corrected chi connectivity index (χ4v) is 0.533. The highest BCUT2D eigenvalue weighted by Crippen LogP contribution is 1.94. The number of hydrogen-bond donors (Lipinski definition) is 1. The molecule has 0 aromatic rings. The zero-order valence-corrected chi connectivity index (χ0v) is 5.89. The van der Waals surface area contributed by atoms with Crippen LogP contribution in [0.4, 0.5) is 0 Å². The minimum absolute atomic E-state index is 0.0949. The zero-order valence-electron chi connectivity index (χ0n) is 5.89. The summed E-state index contributed by atoms with van der Waals surface area (Å²) in [7, 11) is 0. The van der Waals surface area contributed by atoms with E-state index in [1.165, 1.54) is 6.92 Å². The molecular weight excluding hydrogens is 118 g/mol. The lowest BCUT2D eigenvalue weighted by Crippen LogP contribution is -2.24. The molecular formula is C6H13NO2. The van der Waals surface area contributed by atoms with Gasteiger partial charge in [0.05, 0.1) is 0 Å². The van der Waals surface area contributed by atoms with Crippen LogP contribution in [0.5, 0.6) is 0 Å². The van der Waals surface area contributed by atoms with E-state index in [1.807, 2.05) is 6.92 Å². The zero-order chi connectivity index (χ0) is 7.28. The van der Waals surface area contributed by atoms with Crippen LogP contribution in [-0.2, 0) is 9.53 Å². The molecule has 0 saturated carbocycles. The van der Waals surface area contributed by atoms with Gasteiger partial charge in [-0.3, -0.25) is 4.79 Å². The van der Waals surface area contributed by atoms with E-state index in [9.17, 15) is 4.79 Å². The second kappa shape index (κ2) is 4.32. The van der Waals surface area contributed by atoms with Crippen molar-refractivity contribution < 1.29 is 9.53 Å². The summed E-state index contributed by atoms with van der Waals surface area (Å²) in [5, 5.41) is 0. The highest BCUT2D eigenvalue weighted by molar-refractivity contribution is 5.66. The summed E-state index contributed by atoms with van der Waals surface area (Å²) >= 11 is 0. The summed E-state index contributed by atoms with van der Waals surface area (Å²) in [5.74, 6) is -0.257. The van der Waals surface area contributed by atoms with Gasteiger partial charge in [0.1, 0.15) is 6.10 Å². The van der Waals surface area contributed by atoms with Crippen molar-refractivity contribution in [2.75, 3.05) is 6.54 Å². The van der Waals surface area contributed by atoms with E-state index in [-0.39, 0.29) is 12.1 Å². The first-order valence-electron chi connectivity index (χ1n) is 3.08. The lowest BCUT2D eigenvalue weighted by atomic mass is 10.3. The van der Waals surface area contributed by atoms with Crippen LogP contribution in [0.2, 0.25) is 0 Å². The van der Waals surface area contributed by atoms with Crippen LogP contribution >= 0.6 is 0 Å². The molecule has 0 aliphatic carbocycles. The number of carbonyl (C=O) groups excluding carboxylic acids is 1. The van der Waals surface area contributed by atoms with Gasteiger partial charge < -0.3 is 10.5 Å². The van der Waals surface area contributed by atoms with Crippen LogP contribution < -0.4 is 5.73 Å². The number of rotatable bonds is 3. The molecule has 1 atom stereocenters. The van der Waals surface area contributed by atoms with E-state index in [0.29, 0.717) is 6.54 Å². The summed E-state index contributed by atoms with van der Waals surface area (Å²) in [6, 6.07) is 0. The van der Waals surface area contributed by atoms with E-state index in [0.717, 1.165) is 6.42 Å². The molecule has 0 aromatic heterocycles. The minimum Gasteiger partial charge on any atom is -0.461 e. The molecule has 54 valence electrons. The summed E-state index contributed by atoms with van der Waals surface area (Å²) < 4.78 is 4.78. The highest BCUT2D eigenvalue weighted by Gasteiger charge is 2.04. The SMILES string of the molecule is CC[C@H](CN)OC(C)=O. The van der Waals surface area contributed by atoms with Gasteiger partial charge in [-0.05, 0) is 6.42 Å².